The van der Waals surface area contributed by atoms with Crippen LogP contribution in [0.15, 0.2) is 47.6 Å². The molecular formula is C11H12ITi-. The monoisotopic (exact) mass is 319 g/mol. The van der Waals surface area contributed by atoms with E-state index in [1.807, 2.05) is 0 Å². The molecule has 0 nitrogen and oxygen atoms in total. The van der Waals surface area contributed by atoms with Crippen molar-refractivity contribution in [2.24, 2.45) is 0 Å². The molecule has 0 atom stereocenters. The van der Waals surface area contributed by atoms with E-state index in [1.54, 1.807) is 0 Å². The van der Waals surface area contributed by atoms with E-state index in [-0.39, 0.29) is 45.7 Å². The summed E-state index contributed by atoms with van der Waals surface area (Å²) in [6, 6.07) is 0. The van der Waals surface area contributed by atoms with Gasteiger partial charge in [-0.3, -0.25) is 0 Å². The molecule has 0 N–H and O–H groups in total. The van der Waals surface area contributed by atoms with Crippen molar-refractivity contribution in [2.45, 2.75) is 12.8 Å². The van der Waals surface area contributed by atoms with Crippen LogP contribution in [0.4, 0.5) is 0 Å². The molecule has 0 spiro atoms. The Kier molecular flexibility index (Phi) is 6.83. The average molecular weight is 319 g/mol. The summed E-state index contributed by atoms with van der Waals surface area (Å²) in [5.41, 5.74) is 2.86. The van der Waals surface area contributed by atoms with Crippen LogP contribution in [0.3, 0.4) is 0 Å². The Hall–Kier alpha value is 0.274. The van der Waals surface area contributed by atoms with Gasteiger partial charge in [0.2, 0.25) is 0 Å². The molecule has 2 aliphatic carbocycles. The molecule has 68 valence electrons. The molecule has 0 saturated carbocycles. The maximum Gasteiger partial charge on any atom is 0 e. The molecule has 0 bridgehead atoms. The zero-order valence-electron chi connectivity index (χ0n) is 7.36. The summed E-state index contributed by atoms with van der Waals surface area (Å²) in [6.45, 7) is 0. The van der Waals surface area contributed by atoms with Crippen LogP contribution in [0.2, 0.25) is 0 Å². The second kappa shape index (κ2) is 6.69. The Morgan fingerprint density at radius 1 is 0.923 bits per heavy atom. The average Bonchev–Trinajstić information content (AvgIpc) is 2.60. The second-order valence-corrected chi connectivity index (χ2v) is 2.89. The molecule has 2 rings (SSSR count). The van der Waals surface area contributed by atoms with E-state index in [0.29, 0.717) is 0 Å². The molecule has 0 aromatic rings. The van der Waals surface area contributed by atoms with Crippen LogP contribution < -0.4 is 0 Å². The summed E-state index contributed by atoms with van der Waals surface area (Å²) in [5, 5.41) is 0. The first-order chi connectivity index (χ1) is 5.45. The van der Waals surface area contributed by atoms with Crippen molar-refractivity contribution in [1.29, 1.82) is 0 Å². The van der Waals surface area contributed by atoms with E-state index in [1.165, 1.54) is 11.1 Å². The van der Waals surface area contributed by atoms with Crippen molar-refractivity contribution < 1.29 is 21.7 Å². The Balaban J connectivity index is 0.000000720. The Morgan fingerprint density at radius 3 is 1.69 bits per heavy atom. The summed E-state index contributed by atoms with van der Waals surface area (Å²) in [4.78, 5) is 0. The van der Waals surface area contributed by atoms with Crippen LogP contribution in [0.25, 0.3) is 0 Å². The van der Waals surface area contributed by atoms with E-state index in [9.17, 15) is 0 Å². The van der Waals surface area contributed by atoms with Crippen molar-refractivity contribution in [3.8, 4) is 0 Å². The van der Waals surface area contributed by atoms with E-state index < -0.39 is 0 Å². The molecule has 2 aliphatic rings. The van der Waals surface area contributed by atoms with Gasteiger partial charge in [-0.25, -0.2) is 0 Å². The molecule has 0 amide bonds. The third kappa shape index (κ3) is 3.88. The maximum absolute atomic E-state index is 2.28. The van der Waals surface area contributed by atoms with Gasteiger partial charge in [0.15, 0.2) is 0 Å². The van der Waals surface area contributed by atoms with Gasteiger partial charge in [0.25, 0.3) is 0 Å². The smallest absolute Gasteiger partial charge is 0 e. The Morgan fingerprint density at radius 2 is 1.38 bits per heavy atom. The fraction of sp³-hybridized carbons (Fsp3) is 0.182. The van der Waals surface area contributed by atoms with Gasteiger partial charge in [-0.05, 0) is 12.8 Å². The summed E-state index contributed by atoms with van der Waals surface area (Å²) < 4.78 is 0. The summed E-state index contributed by atoms with van der Waals surface area (Å²) >= 11 is 0. The maximum atomic E-state index is 2.28. The van der Waals surface area contributed by atoms with Gasteiger partial charge in [-0.2, -0.15) is 29.7 Å². The Bertz CT molecular complexity index is 244. The largest absolute Gasteiger partial charge is 0.163 e. The molecule has 0 fully saturated rings. The second-order valence-electron chi connectivity index (χ2n) is 2.89. The van der Waals surface area contributed by atoms with Gasteiger partial charge in [0.1, 0.15) is 0 Å². The first-order valence-corrected chi connectivity index (χ1v) is 4.01. The Labute approximate surface area is 112 Å². The van der Waals surface area contributed by atoms with Crippen molar-refractivity contribution in [1.82, 2.24) is 0 Å². The molecule has 0 heterocycles. The van der Waals surface area contributed by atoms with Gasteiger partial charge < -0.3 is 0 Å². The third-order valence-electron chi connectivity index (χ3n) is 1.97. The van der Waals surface area contributed by atoms with Crippen LogP contribution in [0, 0.1) is 6.42 Å². The fourth-order valence-corrected chi connectivity index (χ4v) is 1.38. The predicted octanol–water partition coefficient (Wildman–Crippen LogP) is 3.58. The summed E-state index contributed by atoms with van der Waals surface area (Å²) in [6.07, 6.45) is 17.5. The zero-order chi connectivity index (χ0) is 7.52. The molecule has 0 aromatic heterocycles. The van der Waals surface area contributed by atoms with Crippen molar-refractivity contribution in [2.75, 3.05) is 0 Å². The summed E-state index contributed by atoms with van der Waals surface area (Å²) in [5.74, 6) is 0. The fourth-order valence-electron chi connectivity index (χ4n) is 1.38. The minimum absolute atomic E-state index is 0. The molecule has 0 unspecified atom stereocenters. The molecule has 13 heavy (non-hydrogen) atoms. The zero-order valence-corrected chi connectivity index (χ0v) is 11.3. The molecule has 0 aromatic carbocycles. The third-order valence-corrected chi connectivity index (χ3v) is 1.97. The van der Waals surface area contributed by atoms with E-state index in [4.69, 9.17) is 0 Å². The van der Waals surface area contributed by atoms with Crippen molar-refractivity contribution in [3.05, 3.63) is 54.0 Å². The van der Waals surface area contributed by atoms with Crippen LogP contribution >= 0.6 is 24.0 Å². The van der Waals surface area contributed by atoms with Crippen LogP contribution in [-0.2, 0) is 21.7 Å². The molecular weight excluding hydrogens is 307 g/mol. The first kappa shape index (κ1) is 13.3. The molecule has 0 aliphatic heterocycles. The molecule has 0 radical (unpaired) electrons. The van der Waals surface area contributed by atoms with Gasteiger partial charge in [0, 0.05) is 21.7 Å². The van der Waals surface area contributed by atoms with Gasteiger partial charge in [-0.1, -0.05) is 12.2 Å². The molecule has 0 saturated heterocycles. The quantitative estimate of drug-likeness (QED) is 0.415. The van der Waals surface area contributed by atoms with Crippen molar-refractivity contribution in [3.63, 3.8) is 0 Å². The number of rotatable bonds is 2. The SMILES string of the molecule is C1=CCC([CH-]C2=CC=CC2)=C1.I.[Ti]. The van der Waals surface area contributed by atoms with Crippen LogP contribution in [0.5, 0.6) is 0 Å². The first-order valence-electron chi connectivity index (χ1n) is 4.01. The minimum atomic E-state index is 0. The van der Waals surface area contributed by atoms with Crippen molar-refractivity contribution >= 4 is 24.0 Å². The van der Waals surface area contributed by atoms with Gasteiger partial charge in [-0.15, -0.1) is 36.1 Å². The van der Waals surface area contributed by atoms with E-state index in [2.05, 4.69) is 42.9 Å². The number of allylic oxidation sites excluding steroid dienone is 8. The van der Waals surface area contributed by atoms with E-state index >= 15 is 0 Å². The van der Waals surface area contributed by atoms with Crippen LogP contribution in [-0.4, -0.2) is 0 Å². The normalized spacial score (nSPS) is 17.2. The number of hydrogen-bond acceptors (Lipinski definition) is 0. The predicted molar refractivity (Wildman–Crippen MR) is 63.4 cm³/mol. The molecule has 2 heteroatoms. The topological polar surface area (TPSA) is 0 Å². The van der Waals surface area contributed by atoms with E-state index in [0.717, 1.165) is 12.8 Å². The number of halogens is 1. The van der Waals surface area contributed by atoms with Gasteiger partial charge >= 0.3 is 0 Å². The minimum Gasteiger partial charge on any atom is -0.163 e. The standard InChI is InChI=1S/C11H11.HI.Ti/c1-2-6-10(5-1)9-11-7-3-4-8-11;;/h1-5,7,9H,6,8H2;1H;/q-1;;. The summed E-state index contributed by atoms with van der Waals surface area (Å²) in [7, 11) is 0. The van der Waals surface area contributed by atoms with Gasteiger partial charge in [0.05, 0.1) is 0 Å². The number of hydrogen-bond donors (Lipinski definition) is 0. The van der Waals surface area contributed by atoms with Crippen LogP contribution in [0.1, 0.15) is 12.8 Å².